The highest BCUT2D eigenvalue weighted by Gasteiger charge is 2.17. The van der Waals surface area contributed by atoms with Crippen molar-refractivity contribution in [2.45, 2.75) is 42.7 Å². The van der Waals surface area contributed by atoms with Crippen LogP contribution in [0.4, 0.5) is 0 Å². The van der Waals surface area contributed by atoms with E-state index in [0.717, 1.165) is 28.5 Å². The van der Waals surface area contributed by atoms with E-state index in [0.29, 0.717) is 10.0 Å². The molecular weight excluding hydrogens is 325 g/mol. The molecule has 0 saturated heterocycles. The molecule has 1 unspecified atom stereocenters. The lowest BCUT2D eigenvalue weighted by molar-refractivity contribution is 0.631. The van der Waals surface area contributed by atoms with Gasteiger partial charge >= 0.3 is 0 Å². The quantitative estimate of drug-likeness (QED) is 0.870. The Hall–Kier alpha value is -0.680. The summed E-state index contributed by atoms with van der Waals surface area (Å²) in [5.74, 6) is 0. The first-order valence-corrected chi connectivity index (χ1v) is 8.40. The van der Waals surface area contributed by atoms with E-state index in [9.17, 15) is 0 Å². The first-order chi connectivity index (χ1) is 9.92. The van der Waals surface area contributed by atoms with E-state index in [2.05, 4.69) is 12.0 Å². The van der Waals surface area contributed by atoms with Crippen molar-refractivity contribution >= 4 is 35.0 Å². The minimum atomic E-state index is 0.141. The molecule has 1 aromatic carbocycles. The molecule has 0 aliphatic heterocycles. The largest absolute Gasteiger partial charge is 0.327 e. The lowest BCUT2D eigenvalue weighted by Crippen LogP contribution is -2.21. The van der Waals surface area contributed by atoms with Crippen LogP contribution < -0.4 is 5.73 Å². The Kier molecular flexibility index (Phi) is 5.60. The third kappa shape index (κ3) is 3.95. The van der Waals surface area contributed by atoms with Crippen LogP contribution in [-0.4, -0.2) is 15.8 Å². The first kappa shape index (κ1) is 16.7. The number of hydrogen-bond donors (Lipinski definition) is 1. The summed E-state index contributed by atoms with van der Waals surface area (Å²) in [6, 6.07) is 5.62. The van der Waals surface area contributed by atoms with Gasteiger partial charge in [0.2, 0.25) is 0 Å². The number of nitrogens with zero attached hydrogens (tertiary/aromatic N) is 2. The van der Waals surface area contributed by atoms with Gasteiger partial charge in [-0.1, -0.05) is 41.9 Å². The van der Waals surface area contributed by atoms with Gasteiger partial charge in [-0.3, -0.25) is 4.68 Å². The average Bonchev–Trinajstić information content (AvgIpc) is 2.69. The summed E-state index contributed by atoms with van der Waals surface area (Å²) in [5, 5.41) is 6.94. The van der Waals surface area contributed by atoms with Crippen LogP contribution in [0.2, 0.25) is 10.0 Å². The summed E-state index contributed by atoms with van der Waals surface area (Å²) < 4.78 is 1.88. The molecule has 0 bridgehead atoms. The monoisotopic (exact) mass is 343 g/mol. The number of halogens is 2. The van der Waals surface area contributed by atoms with E-state index in [1.54, 1.807) is 17.8 Å². The summed E-state index contributed by atoms with van der Waals surface area (Å²) in [6.45, 7) is 4.11. The average molecular weight is 344 g/mol. The normalized spacial score (nSPS) is 12.7. The second kappa shape index (κ2) is 7.05. The van der Waals surface area contributed by atoms with Gasteiger partial charge in [0.15, 0.2) is 0 Å². The van der Waals surface area contributed by atoms with Crippen LogP contribution in [0.1, 0.15) is 24.6 Å². The minimum Gasteiger partial charge on any atom is -0.327 e. The van der Waals surface area contributed by atoms with Crippen molar-refractivity contribution in [2.75, 3.05) is 0 Å². The molecule has 114 valence electrons. The summed E-state index contributed by atoms with van der Waals surface area (Å²) in [5.41, 5.74) is 8.31. The van der Waals surface area contributed by atoms with Crippen LogP contribution in [0.3, 0.4) is 0 Å². The molecular formula is C15H19Cl2N3S. The Labute approximate surface area is 139 Å². The zero-order valence-electron chi connectivity index (χ0n) is 12.4. The summed E-state index contributed by atoms with van der Waals surface area (Å²) in [4.78, 5) is 0.929. The van der Waals surface area contributed by atoms with E-state index >= 15 is 0 Å². The summed E-state index contributed by atoms with van der Waals surface area (Å²) in [6.07, 6.45) is 1.76. The molecule has 1 heterocycles. The fourth-order valence-corrected chi connectivity index (χ4v) is 3.67. The molecule has 6 heteroatoms. The molecule has 1 aromatic heterocycles. The van der Waals surface area contributed by atoms with Gasteiger partial charge in [0.1, 0.15) is 5.03 Å². The summed E-state index contributed by atoms with van der Waals surface area (Å²) in [7, 11) is 1.94. The molecule has 21 heavy (non-hydrogen) atoms. The van der Waals surface area contributed by atoms with Crippen LogP contribution >= 0.6 is 35.0 Å². The van der Waals surface area contributed by atoms with E-state index < -0.39 is 0 Å². The van der Waals surface area contributed by atoms with Crippen molar-refractivity contribution in [3.63, 3.8) is 0 Å². The lowest BCUT2D eigenvalue weighted by atomic mass is 10.1. The third-order valence-corrected chi connectivity index (χ3v) is 5.32. The van der Waals surface area contributed by atoms with Gasteiger partial charge in [0.05, 0.1) is 10.7 Å². The van der Waals surface area contributed by atoms with E-state index in [-0.39, 0.29) is 6.04 Å². The molecule has 0 spiro atoms. The molecule has 1 atom stereocenters. The lowest BCUT2D eigenvalue weighted by Gasteiger charge is -2.11. The third-order valence-electron chi connectivity index (χ3n) is 3.38. The Bertz CT molecular complexity index is 640. The van der Waals surface area contributed by atoms with Crippen molar-refractivity contribution in [1.29, 1.82) is 0 Å². The van der Waals surface area contributed by atoms with Gasteiger partial charge in [0.25, 0.3) is 0 Å². The first-order valence-electron chi connectivity index (χ1n) is 6.83. The van der Waals surface area contributed by atoms with Crippen molar-refractivity contribution in [1.82, 2.24) is 9.78 Å². The second-order valence-electron chi connectivity index (χ2n) is 5.04. The van der Waals surface area contributed by atoms with Crippen LogP contribution in [0.15, 0.2) is 28.1 Å². The smallest absolute Gasteiger partial charge is 0.102 e. The van der Waals surface area contributed by atoms with Crippen molar-refractivity contribution in [3.8, 4) is 0 Å². The van der Waals surface area contributed by atoms with E-state index in [1.165, 1.54) is 5.56 Å². The van der Waals surface area contributed by atoms with E-state index in [1.807, 2.05) is 30.8 Å². The molecule has 0 radical (unpaired) electrons. The van der Waals surface area contributed by atoms with Crippen molar-refractivity contribution in [2.24, 2.45) is 12.8 Å². The molecule has 0 amide bonds. The predicted octanol–water partition coefficient (Wildman–Crippen LogP) is 4.47. The number of rotatable bonds is 5. The molecule has 0 fully saturated rings. The Balaban J connectivity index is 2.37. The summed E-state index contributed by atoms with van der Waals surface area (Å²) >= 11 is 13.9. The Morgan fingerprint density at radius 2 is 2.10 bits per heavy atom. The second-order valence-corrected chi connectivity index (χ2v) is 6.92. The molecule has 0 aliphatic carbocycles. The molecule has 2 aromatic rings. The fraction of sp³-hybridized carbons (Fsp3) is 0.400. The van der Waals surface area contributed by atoms with Gasteiger partial charge in [-0.25, -0.2) is 0 Å². The maximum atomic E-state index is 6.26. The van der Waals surface area contributed by atoms with Crippen molar-refractivity contribution < 1.29 is 0 Å². The molecule has 3 nitrogen and oxygen atoms in total. The Morgan fingerprint density at radius 1 is 1.38 bits per heavy atom. The van der Waals surface area contributed by atoms with E-state index in [4.69, 9.17) is 28.9 Å². The maximum absolute atomic E-state index is 6.26. The zero-order valence-corrected chi connectivity index (χ0v) is 14.7. The molecule has 0 saturated carbocycles. The number of aromatic nitrogens is 2. The highest BCUT2D eigenvalue weighted by atomic mass is 35.5. The van der Waals surface area contributed by atoms with Gasteiger partial charge in [-0.2, -0.15) is 5.10 Å². The fourth-order valence-electron chi connectivity index (χ4n) is 2.11. The number of benzene rings is 1. The van der Waals surface area contributed by atoms with Gasteiger partial charge in [-0.15, -0.1) is 0 Å². The number of aryl methyl sites for hydroxylation is 2. The molecule has 2 N–H and O–H groups in total. The minimum absolute atomic E-state index is 0.141. The number of nitrogens with two attached hydrogens (primary N) is 1. The molecule has 0 aliphatic rings. The molecule has 2 rings (SSSR count). The highest BCUT2D eigenvalue weighted by molar-refractivity contribution is 7.99. The van der Waals surface area contributed by atoms with Gasteiger partial charge in [-0.05, 0) is 38.0 Å². The van der Waals surface area contributed by atoms with Gasteiger partial charge in [0, 0.05) is 28.6 Å². The number of hydrogen-bond acceptors (Lipinski definition) is 3. The van der Waals surface area contributed by atoms with Crippen molar-refractivity contribution in [3.05, 3.63) is 39.5 Å². The Morgan fingerprint density at radius 3 is 2.76 bits per heavy atom. The topological polar surface area (TPSA) is 43.8 Å². The maximum Gasteiger partial charge on any atom is 0.102 e. The van der Waals surface area contributed by atoms with Crippen LogP contribution in [0.5, 0.6) is 0 Å². The van der Waals surface area contributed by atoms with Gasteiger partial charge < -0.3 is 5.73 Å². The zero-order chi connectivity index (χ0) is 15.6. The van der Waals surface area contributed by atoms with Crippen LogP contribution in [0.25, 0.3) is 0 Å². The standard InChI is InChI=1S/C15H19Cl2N3S/c1-4-11(18)8-12-9(2)19-20(3)15(12)21-14-7-10(16)5-6-13(14)17/h5-7,11H,4,8,18H2,1-3H3. The van der Waals surface area contributed by atoms with Crippen LogP contribution in [0, 0.1) is 6.92 Å². The highest BCUT2D eigenvalue weighted by Crippen LogP contribution is 2.37. The van der Waals surface area contributed by atoms with Crippen LogP contribution in [-0.2, 0) is 13.5 Å². The predicted molar refractivity (Wildman–Crippen MR) is 90.5 cm³/mol. The SMILES string of the molecule is CCC(N)Cc1c(C)nn(C)c1Sc1cc(Cl)ccc1Cl.